The Hall–Kier alpha value is -3.03. The van der Waals surface area contributed by atoms with Crippen molar-refractivity contribution in [3.63, 3.8) is 0 Å². The van der Waals surface area contributed by atoms with Crippen molar-refractivity contribution in [2.75, 3.05) is 38.1 Å². The summed E-state index contributed by atoms with van der Waals surface area (Å²) >= 11 is 0. The monoisotopic (exact) mass is 361 g/mol. The van der Waals surface area contributed by atoms with Crippen LogP contribution in [0, 0.1) is 5.82 Å². The topological polar surface area (TPSA) is 75.0 Å². The lowest BCUT2D eigenvalue weighted by Crippen LogP contribution is -2.51. The third-order valence-electron chi connectivity index (χ3n) is 4.07. The summed E-state index contributed by atoms with van der Waals surface area (Å²) in [5.41, 5.74) is 0.410. The third-order valence-corrected chi connectivity index (χ3v) is 4.07. The molecule has 2 heterocycles. The highest BCUT2D eigenvalue weighted by atomic mass is 19.1. The number of urea groups is 1. The fourth-order valence-electron chi connectivity index (χ4n) is 2.74. The van der Waals surface area contributed by atoms with Gasteiger partial charge < -0.3 is 24.3 Å². The molecule has 0 radical (unpaired) electrons. The standard InChI is InChI=1S/C18H20FN3O4/c1-2-25-16-12-13(19)5-6-14(16)20-18(24)22-9-7-21(8-10-22)17(23)15-4-3-11-26-15/h3-6,11-12H,2,7-10H2,1H3,(H,20,24). The molecule has 138 valence electrons. The second-order valence-corrected chi connectivity index (χ2v) is 5.76. The van der Waals surface area contributed by atoms with Crippen LogP contribution < -0.4 is 10.1 Å². The van der Waals surface area contributed by atoms with Gasteiger partial charge in [0.25, 0.3) is 5.91 Å². The lowest BCUT2D eigenvalue weighted by atomic mass is 10.2. The van der Waals surface area contributed by atoms with Crippen molar-refractivity contribution < 1.29 is 23.1 Å². The number of amides is 3. The fourth-order valence-corrected chi connectivity index (χ4v) is 2.74. The molecule has 3 amide bonds. The molecule has 1 aliphatic heterocycles. The number of hydrogen-bond acceptors (Lipinski definition) is 4. The Bertz CT molecular complexity index is 771. The van der Waals surface area contributed by atoms with E-state index in [0.717, 1.165) is 0 Å². The van der Waals surface area contributed by atoms with Gasteiger partial charge in [0.2, 0.25) is 0 Å². The Balaban J connectivity index is 1.58. The number of piperazine rings is 1. The van der Waals surface area contributed by atoms with Gasteiger partial charge in [-0.3, -0.25) is 4.79 Å². The Morgan fingerprint density at radius 2 is 1.92 bits per heavy atom. The van der Waals surface area contributed by atoms with E-state index in [1.54, 1.807) is 28.9 Å². The average molecular weight is 361 g/mol. The van der Waals surface area contributed by atoms with Gasteiger partial charge in [0.05, 0.1) is 18.6 Å². The molecule has 0 saturated carbocycles. The Kier molecular flexibility index (Phi) is 5.40. The number of halogens is 1. The van der Waals surface area contributed by atoms with Crippen molar-refractivity contribution in [3.8, 4) is 5.75 Å². The molecule has 1 aliphatic rings. The van der Waals surface area contributed by atoms with Crippen molar-refractivity contribution in [1.82, 2.24) is 9.80 Å². The number of furan rings is 1. The van der Waals surface area contributed by atoms with E-state index in [1.165, 1.54) is 24.5 Å². The molecule has 8 heteroatoms. The number of ether oxygens (including phenoxy) is 1. The molecule has 0 unspecified atom stereocenters. The van der Waals surface area contributed by atoms with Crippen molar-refractivity contribution in [1.29, 1.82) is 0 Å². The number of carbonyl (C=O) groups excluding carboxylic acids is 2. The molecule has 1 N–H and O–H groups in total. The maximum absolute atomic E-state index is 13.3. The van der Waals surface area contributed by atoms with Crippen LogP contribution in [0.15, 0.2) is 41.0 Å². The summed E-state index contributed by atoms with van der Waals surface area (Å²) in [6, 6.07) is 6.93. The number of hydrogen-bond donors (Lipinski definition) is 1. The molecule has 1 aromatic heterocycles. The van der Waals surface area contributed by atoms with E-state index in [4.69, 9.17) is 9.15 Å². The first-order valence-electron chi connectivity index (χ1n) is 8.39. The normalized spacial score (nSPS) is 14.2. The van der Waals surface area contributed by atoms with Crippen molar-refractivity contribution >= 4 is 17.6 Å². The summed E-state index contributed by atoms with van der Waals surface area (Å²) in [5, 5.41) is 2.74. The van der Waals surface area contributed by atoms with Gasteiger partial charge in [-0.2, -0.15) is 0 Å². The van der Waals surface area contributed by atoms with Gasteiger partial charge in [-0.25, -0.2) is 9.18 Å². The summed E-state index contributed by atoms with van der Waals surface area (Å²) in [7, 11) is 0. The van der Waals surface area contributed by atoms with Crippen LogP contribution in [0.5, 0.6) is 5.75 Å². The molecule has 0 aliphatic carbocycles. The van der Waals surface area contributed by atoms with Crippen molar-refractivity contribution in [2.45, 2.75) is 6.92 Å². The molecular weight excluding hydrogens is 341 g/mol. The van der Waals surface area contributed by atoms with Gasteiger partial charge in [-0.1, -0.05) is 0 Å². The lowest BCUT2D eigenvalue weighted by molar-refractivity contribution is 0.0640. The minimum Gasteiger partial charge on any atom is -0.492 e. The summed E-state index contributed by atoms with van der Waals surface area (Å²) in [6.07, 6.45) is 1.45. The third kappa shape index (κ3) is 3.96. The highest BCUT2D eigenvalue weighted by Crippen LogP contribution is 2.26. The van der Waals surface area contributed by atoms with E-state index in [9.17, 15) is 14.0 Å². The molecule has 0 spiro atoms. The van der Waals surface area contributed by atoms with Gasteiger partial charge in [0.15, 0.2) is 5.76 Å². The van der Waals surface area contributed by atoms with Crippen LogP contribution in [-0.2, 0) is 0 Å². The summed E-state index contributed by atoms with van der Waals surface area (Å²) in [6.45, 7) is 3.75. The number of nitrogens with zero attached hydrogens (tertiary/aromatic N) is 2. The number of benzene rings is 1. The predicted octanol–water partition coefficient (Wildman–Crippen LogP) is 2.81. The van der Waals surface area contributed by atoms with Crippen LogP contribution in [0.1, 0.15) is 17.5 Å². The predicted molar refractivity (Wildman–Crippen MR) is 92.8 cm³/mol. The van der Waals surface area contributed by atoms with E-state index in [0.29, 0.717) is 38.5 Å². The summed E-state index contributed by atoms with van der Waals surface area (Å²) in [5.74, 6) is -0.0493. The zero-order chi connectivity index (χ0) is 18.5. The van der Waals surface area contributed by atoms with Crippen molar-refractivity contribution in [2.24, 2.45) is 0 Å². The largest absolute Gasteiger partial charge is 0.492 e. The number of nitrogens with one attached hydrogen (secondary N) is 1. The Morgan fingerprint density at radius 1 is 1.19 bits per heavy atom. The van der Waals surface area contributed by atoms with E-state index < -0.39 is 5.82 Å². The van der Waals surface area contributed by atoms with Gasteiger partial charge in [-0.05, 0) is 31.2 Å². The molecule has 1 aromatic carbocycles. The Labute approximate surface area is 150 Å². The second-order valence-electron chi connectivity index (χ2n) is 5.76. The molecular formula is C18H20FN3O4. The van der Waals surface area contributed by atoms with Gasteiger partial charge in [-0.15, -0.1) is 0 Å². The van der Waals surface area contributed by atoms with Crippen LogP contribution in [0.2, 0.25) is 0 Å². The molecule has 3 rings (SSSR count). The maximum atomic E-state index is 13.3. The highest BCUT2D eigenvalue weighted by molar-refractivity contribution is 5.93. The van der Waals surface area contributed by atoms with Gasteiger partial charge in [0, 0.05) is 32.2 Å². The number of carbonyl (C=O) groups is 2. The first-order valence-corrected chi connectivity index (χ1v) is 8.39. The first kappa shape index (κ1) is 17.8. The smallest absolute Gasteiger partial charge is 0.322 e. The van der Waals surface area contributed by atoms with E-state index in [-0.39, 0.29) is 23.4 Å². The molecule has 26 heavy (non-hydrogen) atoms. The molecule has 2 aromatic rings. The fraction of sp³-hybridized carbons (Fsp3) is 0.333. The summed E-state index contributed by atoms with van der Waals surface area (Å²) in [4.78, 5) is 27.9. The quantitative estimate of drug-likeness (QED) is 0.909. The molecule has 1 saturated heterocycles. The number of anilines is 1. The molecule has 0 atom stereocenters. The van der Waals surface area contributed by atoms with Gasteiger partial charge >= 0.3 is 6.03 Å². The molecule has 0 bridgehead atoms. The van der Waals surface area contributed by atoms with Crippen LogP contribution >= 0.6 is 0 Å². The average Bonchev–Trinajstić information content (AvgIpc) is 3.18. The molecule has 7 nitrogen and oxygen atoms in total. The number of rotatable bonds is 4. The summed E-state index contributed by atoms with van der Waals surface area (Å²) < 4.78 is 23.8. The van der Waals surface area contributed by atoms with Crippen LogP contribution in [0.4, 0.5) is 14.9 Å². The zero-order valence-corrected chi connectivity index (χ0v) is 14.4. The Morgan fingerprint density at radius 3 is 2.58 bits per heavy atom. The van der Waals surface area contributed by atoms with E-state index >= 15 is 0 Å². The van der Waals surface area contributed by atoms with Crippen molar-refractivity contribution in [3.05, 3.63) is 48.2 Å². The van der Waals surface area contributed by atoms with Crippen LogP contribution in [0.25, 0.3) is 0 Å². The van der Waals surface area contributed by atoms with Crippen LogP contribution in [0.3, 0.4) is 0 Å². The lowest BCUT2D eigenvalue weighted by Gasteiger charge is -2.34. The van der Waals surface area contributed by atoms with E-state index in [2.05, 4.69) is 5.32 Å². The van der Waals surface area contributed by atoms with Gasteiger partial charge in [0.1, 0.15) is 11.6 Å². The van der Waals surface area contributed by atoms with E-state index in [1.807, 2.05) is 0 Å². The highest BCUT2D eigenvalue weighted by Gasteiger charge is 2.26. The molecule has 1 fully saturated rings. The SMILES string of the molecule is CCOc1cc(F)ccc1NC(=O)N1CCN(C(=O)c2ccco2)CC1. The second kappa shape index (κ2) is 7.90. The van der Waals surface area contributed by atoms with Crippen LogP contribution in [-0.4, -0.2) is 54.5 Å². The zero-order valence-electron chi connectivity index (χ0n) is 14.4. The minimum absolute atomic E-state index is 0.188. The maximum Gasteiger partial charge on any atom is 0.322 e. The first-order chi connectivity index (χ1) is 12.6. The minimum atomic E-state index is -0.434.